The van der Waals surface area contributed by atoms with E-state index in [9.17, 15) is 4.79 Å². The summed E-state index contributed by atoms with van der Waals surface area (Å²) in [6.07, 6.45) is 2.06. The first-order valence-corrected chi connectivity index (χ1v) is 6.30. The van der Waals surface area contributed by atoms with E-state index in [0.717, 1.165) is 16.7 Å². The molecule has 3 N–H and O–H groups in total. The van der Waals surface area contributed by atoms with E-state index in [1.165, 1.54) is 0 Å². The van der Waals surface area contributed by atoms with E-state index in [1.807, 2.05) is 27.0 Å². The summed E-state index contributed by atoms with van der Waals surface area (Å²) < 4.78 is 1.73. The lowest BCUT2D eigenvalue weighted by atomic mass is 10.1. The first-order valence-electron chi connectivity index (χ1n) is 6.30. The van der Waals surface area contributed by atoms with E-state index in [4.69, 9.17) is 5.73 Å². The van der Waals surface area contributed by atoms with Crippen molar-refractivity contribution in [1.82, 2.24) is 14.8 Å². The smallest absolute Gasteiger partial charge is 0.224 e. The fraction of sp³-hybridized carbons (Fsp3) is 0.462. The van der Waals surface area contributed by atoms with Gasteiger partial charge in [-0.3, -0.25) is 9.48 Å². The molecular formula is C13H19N5O. The number of pyridine rings is 1. The van der Waals surface area contributed by atoms with Crippen LogP contribution in [-0.4, -0.2) is 27.2 Å². The van der Waals surface area contributed by atoms with Gasteiger partial charge < -0.3 is 11.1 Å². The van der Waals surface area contributed by atoms with Crippen molar-refractivity contribution in [1.29, 1.82) is 0 Å². The Balaban J connectivity index is 2.17. The predicted molar refractivity (Wildman–Crippen MR) is 74.7 cm³/mol. The van der Waals surface area contributed by atoms with Gasteiger partial charge in [-0.25, -0.2) is 4.98 Å². The van der Waals surface area contributed by atoms with Crippen LogP contribution in [0.5, 0.6) is 0 Å². The first kappa shape index (κ1) is 13.5. The molecule has 0 fully saturated rings. The van der Waals surface area contributed by atoms with Crippen LogP contribution in [0.1, 0.15) is 19.0 Å². The van der Waals surface area contributed by atoms with Crippen molar-refractivity contribution in [2.45, 2.75) is 20.3 Å². The highest BCUT2D eigenvalue weighted by molar-refractivity contribution is 5.93. The lowest BCUT2D eigenvalue weighted by molar-refractivity contribution is -0.116. The molecule has 0 aliphatic rings. The zero-order chi connectivity index (χ0) is 14.0. The van der Waals surface area contributed by atoms with Gasteiger partial charge in [0.2, 0.25) is 5.91 Å². The minimum absolute atomic E-state index is 0.0411. The molecule has 1 amide bonds. The van der Waals surface area contributed by atoms with Gasteiger partial charge in [-0.1, -0.05) is 6.92 Å². The highest BCUT2D eigenvalue weighted by Gasteiger charge is 2.10. The summed E-state index contributed by atoms with van der Waals surface area (Å²) in [5.74, 6) is 0.137. The Morgan fingerprint density at radius 1 is 1.58 bits per heavy atom. The average molecular weight is 261 g/mol. The van der Waals surface area contributed by atoms with Gasteiger partial charge in [-0.2, -0.15) is 5.10 Å². The number of carbonyl (C=O) groups is 1. The van der Waals surface area contributed by atoms with E-state index >= 15 is 0 Å². The van der Waals surface area contributed by atoms with Crippen LogP contribution in [0.4, 0.5) is 5.69 Å². The Kier molecular flexibility index (Phi) is 3.80. The molecule has 0 saturated carbocycles. The number of rotatable bonds is 4. The van der Waals surface area contributed by atoms with Gasteiger partial charge in [-0.05, 0) is 25.5 Å². The van der Waals surface area contributed by atoms with Gasteiger partial charge in [0, 0.05) is 18.9 Å². The molecule has 1 unspecified atom stereocenters. The number of aryl methyl sites for hydroxylation is 2. The molecule has 19 heavy (non-hydrogen) atoms. The predicted octanol–water partition coefficient (Wildman–Crippen LogP) is 1.20. The van der Waals surface area contributed by atoms with Crippen LogP contribution in [0.25, 0.3) is 11.0 Å². The van der Waals surface area contributed by atoms with Gasteiger partial charge in [0.25, 0.3) is 0 Å². The van der Waals surface area contributed by atoms with Gasteiger partial charge in [0.05, 0.1) is 17.6 Å². The minimum Gasteiger partial charge on any atom is -0.330 e. The van der Waals surface area contributed by atoms with Crippen LogP contribution in [0.3, 0.4) is 0 Å². The zero-order valence-corrected chi connectivity index (χ0v) is 11.5. The average Bonchev–Trinajstić information content (AvgIpc) is 2.64. The third kappa shape index (κ3) is 2.90. The Morgan fingerprint density at radius 2 is 2.32 bits per heavy atom. The minimum atomic E-state index is -0.0411. The Hall–Kier alpha value is -1.95. The Bertz CT molecular complexity index is 604. The van der Waals surface area contributed by atoms with Crippen LogP contribution >= 0.6 is 0 Å². The number of hydrogen-bond donors (Lipinski definition) is 2. The maximum Gasteiger partial charge on any atom is 0.224 e. The van der Waals surface area contributed by atoms with Crippen LogP contribution in [0.15, 0.2) is 12.3 Å². The summed E-state index contributed by atoms with van der Waals surface area (Å²) in [6, 6.07) is 1.90. The molecule has 2 aromatic heterocycles. The highest BCUT2D eigenvalue weighted by atomic mass is 16.1. The second-order valence-corrected chi connectivity index (χ2v) is 4.90. The van der Waals surface area contributed by atoms with E-state index in [0.29, 0.717) is 18.7 Å². The summed E-state index contributed by atoms with van der Waals surface area (Å²) >= 11 is 0. The summed E-state index contributed by atoms with van der Waals surface area (Å²) in [7, 11) is 1.85. The Morgan fingerprint density at radius 3 is 3.00 bits per heavy atom. The lowest BCUT2D eigenvalue weighted by Crippen LogP contribution is -2.20. The molecule has 0 aliphatic heterocycles. The van der Waals surface area contributed by atoms with Crippen molar-refractivity contribution < 1.29 is 4.79 Å². The van der Waals surface area contributed by atoms with E-state index in [-0.39, 0.29) is 11.8 Å². The summed E-state index contributed by atoms with van der Waals surface area (Å²) in [4.78, 5) is 16.1. The largest absolute Gasteiger partial charge is 0.330 e. The number of hydrogen-bond acceptors (Lipinski definition) is 4. The molecule has 0 aromatic carbocycles. The maximum atomic E-state index is 11.8. The standard InChI is InChI=1S/C13H19N5O/c1-8(6-14)4-12(19)16-10-5-11-9(2)17-18(3)13(11)15-7-10/h5,7-8H,4,6,14H2,1-3H3,(H,16,19). The van der Waals surface area contributed by atoms with Crippen LogP contribution < -0.4 is 11.1 Å². The molecule has 1 atom stereocenters. The molecule has 6 heteroatoms. The molecule has 0 saturated heterocycles. The molecule has 6 nitrogen and oxygen atoms in total. The molecule has 2 heterocycles. The van der Waals surface area contributed by atoms with Gasteiger partial charge in [-0.15, -0.1) is 0 Å². The summed E-state index contributed by atoms with van der Waals surface area (Å²) in [6.45, 7) is 4.38. The fourth-order valence-corrected chi connectivity index (χ4v) is 1.99. The molecule has 2 rings (SSSR count). The van der Waals surface area contributed by atoms with Crippen molar-refractivity contribution in [3.05, 3.63) is 18.0 Å². The van der Waals surface area contributed by atoms with Crippen molar-refractivity contribution in [3.8, 4) is 0 Å². The number of nitrogens with two attached hydrogens (primary N) is 1. The number of nitrogens with zero attached hydrogens (tertiary/aromatic N) is 3. The first-order chi connectivity index (χ1) is 9.01. The summed E-state index contributed by atoms with van der Waals surface area (Å²) in [5, 5.41) is 8.09. The van der Waals surface area contributed by atoms with Gasteiger partial charge >= 0.3 is 0 Å². The molecule has 0 spiro atoms. The molecule has 2 aromatic rings. The SMILES string of the molecule is Cc1nn(C)c2ncc(NC(=O)CC(C)CN)cc12. The van der Waals surface area contributed by atoms with Crippen molar-refractivity contribution >= 4 is 22.6 Å². The van der Waals surface area contributed by atoms with Crippen LogP contribution in [0.2, 0.25) is 0 Å². The van der Waals surface area contributed by atoms with Gasteiger partial charge in [0.1, 0.15) is 0 Å². The van der Waals surface area contributed by atoms with E-state index < -0.39 is 0 Å². The number of fused-ring (bicyclic) bond motifs is 1. The molecule has 0 radical (unpaired) electrons. The lowest BCUT2D eigenvalue weighted by Gasteiger charge is -2.09. The van der Waals surface area contributed by atoms with E-state index in [1.54, 1.807) is 10.9 Å². The van der Waals surface area contributed by atoms with Crippen molar-refractivity contribution in [2.75, 3.05) is 11.9 Å². The van der Waals surface area contributed by atoms with Crippen molar-refractivity contribution in [3.63, 3.8) is 0 Å². The second kappa shape index (κ2) is 5.36. The third-order valence-corrected chi connectivity index (χ3v) is 3.08. The van der Waals surface area contributed by atoms with Crippen LogP contribution in [0, 0.1) is 12.8 Å². The van der Waals surface area contributed by atoms with Crippen molar-refractivity contribution in [2.24, 2.45) is 18.7 Å². The highest BCUT2D eigenvalue weighted by Crippen LogP contribution is 2.19. The Labute approximate surface area is 112 Å². The quantitative estimate of drug-likeness (QED) is 0.866. The maximum absolute atomic E-state index is 11.8. The normalized spacial score (nSPS) is 12.6. The topological polar surface area (TPSA) is 85.8 Å². The van der Waals surface area contributed by atoms with E-state index in [2.05, 4.69) is 15.4 Å². The summed E-state index contributed by atoms with van der Waals surface area (Å²) in [5.41, 5.74) is 7.91. The number of amides is 1. The second-order valence-electron chi connectivity index (χ2n) is 4.90. The number of nitrogens with one attached hydrogen (secondary N) is 1. The number of anilines is 1. The zero-order valence-electron chi connectivity index (χ0n) is 11.5. The molecule has 0 aliphatic carbocycles. The molecule has 0 bridgehead atoms. The van der Waals surface area contributed by atoms with Gasteiger partial charge in [0.15, 0.2) is 5.65 Å². The number of aromatic nitrogens is 3. The monoisotopic (exact) mass is 261 g/mol. The van der Waals surface area contributed by atoms with Crippen LogP contribution in [-0.2, 0) is 11.8 Å². The molecule has 102 valence electrons. The third-order valence-electron chi connectivity index (χ3n) is 3.08. The molecular weight excluding hydrogens is 242 g/mol. The number of carbonyl (C=O) groups excluding carboxylic acids is 1. The fourth-order valence-electron chi connectivity index (χ4n) is 1.99.